The van der Waals surface area contributed by atoms with Gasteiger partial charge in [-0.3, -0.25) is 4.79 Å². The fourth-order valence-electron chi connectivity index (χ4n) is 2.64. The third-order valence-electron chi connectivity index (χ3n) is 3.87. The Bertz CT molecular complexity index is 442. The number of hydrogen-bond acceptors (Lipinski definition) is 4. The van der Waals surface area contributed by atoms with Gasteiger partial charge in [0.25, 0.3) is 0 Å². The minimum Gasteiger partial charge on any atom is -0.471 e. The molecule has 1 aromatic heterocycles. The zero-order valence-electron chi connectivity index (χ0n) is 11.5. The summed E-state index contributed by atoms with van der Waals surface area (Å²) in [6, 6.07) is 5.62. The lowest BCUT2D eigenvalue weighted by molar-refractivity contribution is -0.137. The Hall–Kier alpha value is -1.23. The number of rotatable bonds is 5. The first-order chi connectivity index (χ1) is 9.81. The number of hydrogen-bond donors (Lipinski definition) is 0. The SMILES string of the molecule is O=C(CSC1CCCC1)N1CC(Oc2ccccn2)C1. The molecule has 2 aliphatic rings. The minimum absolute atomic E-state index is 0.102. The molecule has 0 N–H and O–H groups in total. The van der Waals surface area contributed by atoms with Crippen molar-refractivity contribution in [3.63, 3.8) is 0 Å². The van der Waals surface area contributed by atoms with Gasteiger partial charge in [0.15, 0.2) is 0 Å². The van der Waals surface area contributed by atoms with E-state index in [1.54, 1.807) is 6.20 Å². The predicted octanol–water partition coefficient (Wildman–Crippen LogP) is 2.35. The molecule has 3 rings (SSSR count). The highest BCUT2D eigenvalue weighted by molar-refractivity contribution is 8.00. The van der Waals surface area contributed by atoms with Crippen LogP contribution in [0.15, 0.2) is 24.4 Å². The van der Waals surface area contributed by atoms with Crippen molar-refractivity contribution in [3.8, 4) is 5.88 Å². The average Bonchev–Trinajstić information content (AvgIpc) is 2.94. The topological polar surface area (TPSA) is 42.4 Å². The molecule has 0 bridgehead atoms. The molecule has 2 heterocycles. The van der Waals surface area contributed by atoms with Gasteiger partial charge in [-0.2, -0.15) is 0 Å². The van der Waals surface area contributed by atoms with E-state index >= 15 is 0 Å². The van der Waals surface area contributed by atoms with E-state index in [1.807, 2.05) is 34.9 Å². The predicted molar refractivity (Wildman–Crippen MR) is 79.9 cm³/mol. The van der Waals surface area contributed by atoms with E-state index < -0.39 is 0 Å². The Balaban J connectivity index is 1.35. The molecule has 108 valence electrons. The summed E-state index contributed by atoms with van der Waals surface area (Å²) in [7, 11) is 0. The van der Waals surface area contributed by atoms with Gasteiger partial charge in [0, 0.05) is 17.5 Å². The maximum Gasteiger partial charge on any atom is 0.232 e. The van der Waals surface area contributed by atoms with Crippen molar-refractivity contribution in [2.45, 2.75) is 37.0 Å². The molecule has 1 saturated carbocycles. The molecule has 1 aromatic rings. The van der Waals surface area contributed by atoms with Crippen LogP contribution >= 0.6 is 11.8 Å². The highest BCUT2D eigenvalue weighted by Gasteiger charge is 2.32. The van der Waals surface area contributed by atoms with Crippen LogP contribution in [-0.2, 0) is 4.79 Å². The first-order valence-corrected chi connectivity index (χ1v) is 8.33. The minimum atomic E-state index is 0.102. The Morgan fingerprint density at radius 1 is 1.35 bits per heavy atom. The molecule has 0 unspecified atom stereocenters. The smallest absolute Gasteiger partial charge is 0.232 e. The van der Waals surface area contributed by atoms with E-state index in [1.165, 1.54) is 25.7 Å². The number of carbonyl (C=O) groups is 1. The summed E-state index contributed by atoms with van der Waals surface area (Å²) in [5.41, 5.74) is 0. The van der Waals surface area contributed by atoms with E-state index in [2.05, 4.69) is 4.98 Å². The molecule has 0 spiro atoms. The second-order valence-corrected chi connectivity index (χ2v) is 6.71. The van der Waals surface area contributed by atoms with Crippen LogP contribution in [0.4, 0.5) is 0 Å². The summed E-state index contributed by atoms with van der Waals surface area (Å²) in [4.78, 5) is 18.0. The molecule has 0 radical (unpaired) electrons. The van der Waals surface area contributed by atoms with Crippen LogP contribution in [0.3, 0.4) is 0 Å². The summed E-state index contributed by atoms with van der Waals surface area (Å²) in [6.07, 6.45) is 7.04. The van der Waals surface area contributed by atoms with Crippen LogP contribution in [0.2, 0.25) is 0 Å². The van der Waals surface area contributed by atoms with Crippen LogP contribution < -0.4 is 4.74 Å². The molecule has 0 aromatic carbocycles. The summed E-state index contributed by atoms with van der Waals surface area (Å²) in [6.45, 7) is 1.39. The molecule has 1 saturated heterocycles. The van der Waals surface area contributed by atoms with Gasteiger partial charge in [0.1, 0.15) is 6.10 Å². The van der Waals surface area contributed by atoms with Crippen molar-refractivity contribution >= 4 is 17.7 Å². The number of nitrogens with zero attached hydrogens (tertiary/aromatic N) is 2. The Labute approximate surface area is 123 Å². The number of amides is 1. The Kier molecular flexibility index (Phi) is 4.45. The first-order valence-electron chi connectivity index (χ1n) is 7.28. The number of pyridine rings is 1. The van der Waals surface area contributed by atoms with E-state index in [-0.39, 0.29) is 12.0 Å². The third-order valence-corrected chi connectivity index (χ3v) is 5.23. The summed E-state index contributed by atoms with van der Waals surface area (Å²) < 4.78 is 5.70. The van der Waals surface area contributed by atoms with Gasteiger partial charge in [-0.05, 0) is 18.9 Å². The van der Waals surface area contributed by atoms with Gasteiger partial charge in [-0.1, -0.05) is 18.9 Å². The molecular formula is C15H20N2O2S. The fourth-order valence-corrected chi connectivity index (χ4v) is 3.87. The van der Waals surface area contributed by atoms with Crippen molar-refractivity contribution < 1.29 is 9.53 Å². The summed E-state index contributed by atoms with van der Waals surface area (Å²) in [5, 5.41) is 0.709. The van der Waals surface area contributed by atoms with Crippen LogP contribution in [0, 0.1) is 0 Å². The van der Waals surface area contributed by atoms with Gasteiger partial charge in [-0.15, -0.1) is 11.8 Å². The molecule has 0 atom stereocenters. The number of likely N-dealkylation sites (tertiary alicyclic amines) is 1. The maximum absolute atomic E-state index is 12.0. The molecule has 1 aliphatic heterocycles. The van der Waals surface area contributed by atoms with Gasteiger partial charge >= 0.3 is 0 Å². The average molecular weight is 292 g/mol. The van der Waals surface area contributed by atoms with Crippen LogP contribution in [-0.4, -0.2) is 46.0 Å². The zero-order valence-corrected chi connectivity index (χ0v) is 12.3. The van der Waals surface area contributed by atoms with Crippen LogP contribution in [0.5, 0.6) is 5.88 Å². The molecule has 4 nitrogen and oxygen atoms in total. The highest BCUT2D eigenvalue weighted by atomic mass is 32.2. The van der Waals surface area contributed by atoms with Gasteiger partial charge in [0.2, 0.25) is 11.8 Å². The maximum atomic E-state index is 12.0. The van der Waals surface area contributed by atoms with Crippen LogP contribution in [0.1, 0.15) is 25.7 Å². The summed E-state index contributed by atoms with van der Waals surface area (Å²) >= 11 is 1.83. The Morgan fingerprint density at radius 3 is 2.85 bits per heavy atom. The normalized spacial score (nSPS) is 19.9. The van der Waals surface area contributed by atoms with E-state index in [4.69, 9.17) is 4.74 Å². The van der Waals surface area contributed by atoms with E-state index in [0.717, 1.165) is 0 Å². The second kappa shape index (κ2) is 6.48. The van der Waals surface area contributed by atoms with Crippen molar-refractivity contribution in [3.05, 3.63) is 24.4 Å². The van der Waals surface area contributed by atoms with Crippen molar-refractivity contribution in [1.82, 2.24) is 9.88 Å². The standard InChI is InChI=1S/C15H20N2O2S/c18-15(11-20-13-5-1-2-6-13)17-9-12(10-17)19-14-7-3-4-8-16-14/h3-4,7-8,12-13H,1-2,5-6,9-11H2. The summed E-state index contributed by atoms with van der Waals surface area (Å²) in [5.74, 6) is 1.52. The van der Waals surface area contributed by atoms with E-state index in [0.29, 0.717) is 30.0 Å². The molecule has 1 amide bonds. The van der Waals surface area contributed by atoms with Gasteiger partial charge in [0.05, 0.1) is 18.8 Å². The van der Waals surface area contributed by atoms with E-state index in [9.17, 15) is 4.79 Å². The molecule has 20 heavy (non-hydrogen) atoms. The first kappa shape index (κ1) is 13.7. The molecular weight excluding hydrogens is 272 g/mol. The lowest BCUT2D eigenvalue weighted by Gasteiger charge is -2.38. The number of thioether (sulfide) groups is 1. The zero-order chi connectivity index (χ0) is 13.8. The number of ether oxygens (including phenoxy) is 1. The highest BCUT2D eigenvalue weighted by Crippen LogP contribution is 2.29. The fraction of sp³-hybridized carbons (Fsp3) is 0.600. The lowest BCUT2D eigenvalue weighted by Crippen LogP contribution is -2.56. The number of carbonyl (C=O) groups excluding carboxylic acids is 1. The largest absolute Gasteiger partial charge is 0.471 e. The molecule has 1 aliphatic carbocycles. The van der Waals surface area contributed by atoms with Gasteiger partial charge in [-0.25, -0.2) is 4.98 Å². The second-order valence-electron chi connectivity index (χ2n) is 5.42. The third kappa shape index (κ3) is 3.45. The molecule has 5 heteroatoms. The van der Waals surface area contributed by atoms with Crippen LogP contribution in [0.25, 0.3) is 0 Å². The number of aromatic nitrogens is 1. The van der Waals surface area contributed by atoms with Crippen molar-refractivity contribution in [1.29, 1.82) is 0 Å². The monoisotopic (exact) mass is 292 g/mol. The van der Waals surface area contributed by atoms with Crippen molar-refractivity contribution in [2.75, 3.05) is 18.8 Å². The Morgan fingerprint density at radius 2 is 2.15 bits per heavy atom. The molecule has 2 fully saturated rings. The van der Waals surface area contributed by atoms with Gasteiger partial charge < -0.3 is 9.64 Å². The van der Waals surface area contributed by atoms with Crippen molar-refractivity contribution in [2.24, 2.45) is 0 Å². The quantitative estimate of drug-likeness (QED) is 0.835. The lowest BCUT2D eigenvalue weighted by atomic mass is 10.2.